The van der Waals surface area contributed by atoms with E-state index in [1.54, 1.807) is 44.2 Å². The molecule has 0 aliphatic heterocycles. The van der Waals surface area contributed by atoms with Gasteiger partial charge < -0.3 is 24.4 Å². The number of amides is 2. The Hall–Kier alpha value is -3.22. The smallest absolute Gasteiger partial charge is 0.261 e. The van der Waals surface area contributed by atoms with Crippen LogP contribution in [0.2, 0.25) is 0 Å². The van der Waals surface area contributed by atoms with Crippen LogP contribution in [0, 0.1) is 6.92 Å². The molecule has 2 aromatic rings. The van der Waals surface area contributed by atoms with Gasteiger partial charge in [-0.3, -0.25) is 9.59 Å². The van der Waals surface area contributed by atoms with E-state index >= 15 is 0 Å². The highest BCUT2D eigenvalue weighted by molar-refractivity contribution is 5.88. The molecule has 2 amide bonds. The van der Waals surface area contributed by atoms with Crippen LogP contribution in [-0.4, -0.2) is 49.6 Å². The third-order valence-electron chi connectivity index (χ3n) is 6.28. The van der Waals surface area contributed by atoms with Crippen molar-refractivity contribution in [2.75, 3.05) is 20.8 Å². The molecule has 1 saturated carbocycles. The minimum absolute atomic E-state index is 0.129. The van der Waals surface area contributed by atoms with Gasteiger partial charge in [0.05, 0.1) is 14.2 Å². The van der Waals surface area contributed by atoms with Gasteiger partial charge in [-0.15, -0.1) is 0 Å². The summed E-state index contributed by atoms with van der Waals surface area (Å²) in [7, 11) is 3.11. The number of hydrogen-bond acceptors (Lipinski definition) is 5. The largest absolute Gasteiger partial charge is 0.496 e. The molecule has 3 rings (SSSR count). The molecule has 0 radical (unpaired) electrons. The van der Waals surface area contributed by atoms with Crippen molar-refractivity contribution >= 4 is 11.8 Å². The molecule has 2 aromatic carbocycles. The molecule has 0 unspecified atom stereocenters. The molecule has 1 atom stereocenters. The maximum Gasteiger partial charge on any atom is 0.261 e. The number of carbonyl (C=O) groups excluding carboxylic acids is 2. The van der Waals surface area contributed by atoms with E-state index in [-0.39, 0.29) is 24.5 Å². The summed E-state index contributed by atoms with van der Waals surface area (Å²) in [5, 5.41) is 3.15. The Bertz CT molecular complexity index is 932. The number of nitrogens with one attached hydrogen (secondary N) is 1. The Morgan fingerprint density at radius 2 is 1.56 bits per heavy atom. The first kappa shape index (κ1) is 25.4. The van der Waals surface area contributed by atoms with Gasteiger partial charge in [-0.05, 0) is 32.3 Å². The summed E-state index contributed by atoms with van der Waals surface area (Å²) >= 11 is 0. The van der Waals surface area contributed by atoms with Crippen LogP contribution in [0.15, 0.2) is 42.5 Å². The monoisotopic (exact) mass is 468 g/mol. The molecule has 0 spiro atoms. The quantitative estimate of drug-likeness (QED) is 0.564. The number of aryl methyl sites for hydroxylation is 1. The summed E-state index contributed by atoms with van der Waals surface area (Å²) in [6, 6.07) is 12.6. The molecule has 34 heavy (non-hydrogen) atoms. The lowest BCUT2D eigenvalue weighted by molar-refractivity contribution is -0.142. The topological polar surface area (TPSA) is 77.1 Å². The molecule has 1 aliphatic carbocycles. The third kappa shape index (κ3) is 7.14. The van der Waals surface area contributed by atoms with E-state index < -0.39 is 6.04 Å². The Labute approximate surface area is 202 Å². The number of ether oxygens (including phenoxy) is 3. The molecule has 7 nitrogen and oxygen atoms in total. The average molecular weight is 469 g/mol. The lowest BCUT2D eigenvalue weighted by Gasteiger charge is -2.31. The molecule has 184 valence electrons. The fraction of sp³-hybridized carbons (Fsp3) is 0.481. The molecular formula is C27H36N2O5. The van der Waals surface area contributed by atoms with Crippen molar-refractivity contribution in [1.82, 2.24) is 10.2 Å². The Morgan fingerprint density at radius 3 is 2.15 bits per heavy atom. The first-order valence-corrected chi connectivity index (χ1v) is 11.9. The summed E-state index contributed by atoms with van der Waals surface area (Å²) in [4.78, 5) is 27.9. The van der Waals surface area contributed by atoms with Gasteiger partial charge in [0.15, 0.2) is 6.61 Å². The van der Waals surface area contributed by atoms with E-state index in [2.05, 4.69) is 5.32 Å². The summed E-state index contributed by atoms with van der Waals surface area (Å²) in [6.45, 7) is 3.91. The van der Waals surface area contributed by atoms with Crippen LogP contribution >= 0.6 is 0 Å². The normalized spacial score (nSPS) is 14.7. The summed E-state index contributed by atoms with van der Waals surface area (Å²) in [5.74, 6) is 1.19. The molecule has 0 heterocycles. The fourth-order valence-corrected chi connectivity index (χ4v) is 4.13. The lowest BCUT2D eigenvalue weighted by Crippen LogP contribution is -2.51. The number of methoxy groups -OCH3 is 2. The highest BCUT2D eigenvalue weighted by Crippen LogP contribution is 2.27. The van der Waals surface area contributed by atoms with Gasteiger partial charge in [-0.25, -0.2) is 0 Å². The average Bonchev–Trinajstić information content (AvgIpc) is 2.86. The van der Waals surface area contributed by atoms with E-state index in [0.29, 0.717) is 23.8 Å². The van der Waals surface area contributed by atoms with E-state index in [4.69, 9.17) is 14.2 Å². The second-order valence-electron chi connectivity index (χ2n) is 8.86. The molecule has 0 saturated heterocycles. The van der Waals surface area contributed by atoms with Gasteiger partial charge in [0, 0.05) is 30.8 Å². The molecule has 0 aromatic heterocycles. The zero-order valence-corrected chi connectivity index (χ0v) is 20.6. The number of benzene rings is 2. The van der Waals surface area contributed by atoms with Gasteiger partial charge >= 0.3 is 0 Å². The van der Waals surface area contributed by atoms with Gasteiger partial charge in [0.1, 0.15) is 23.3 Å². The highest BCUT2D eigenvalue weighted by Gasteiger charge is 2.28. The first-order chi connectivity index (χ1) is 16.4. The maximum absolute atomic E-state index is 13.3. The van der Waals surface area contributed by atoms with Crippen LogP contribution in [0.5, 0.6) is 17.2 Å². The number of nitrogens with zero attached hydrogens (tertiary/aromatic N) is 1. The number of hydrogen-bond donors (Lipinski definition) is 1. The molecule has 1 N–H and O–H groups in total. The second kappa shape index (κ2) is 12.3. The highest BCUT2D eigenvalue weighted by atomic mass is 16.5. The van der Waals surface area contributed by atoms with Crippen LogP contribution in [-0.2, 0) is 16.1 Å². The minimum Gasteiger partial charge on any atom is -0.496 e. The van der Waals surface area contributed by atoms with Crippen LogP contribution in [0.25, 0.3) is 0 Å². The molecule has 0 bridgehead atoms. The molecular weight excluding hydrogens is 432 g/mol. The van der Waals surface area contributed by atoms with Crippen molar-refractivity contribution in [1.29, 1.82) is 0 Å². The van der Waals surface area contributed by atoms with E-state index in [0.717, 1.165) is 36.8 Å². The summed E-state index contributed by atoms with van der Waals surface area (Å²) < 4.78 is 16.3. The predicted molar refractivity (Wildman–Crippen MR) is 131 cm³/mol. The lowest BCUT2D eigenvalue weighted by atomic mass is 9.95. The van der Waals surface area contributed by atoms with Gasteiger partial charge in [0.25, 0.3) is 5.91 Å². The van der Waals surface area contributed by atoms with Crippen LogP contribution < -0.4 is 19.5 Å². The molecule has 7 heteroatoms. The van der Waals surface area contributed by atoms with Crippen molar-refractivity contribution in [3.05, 3.63) is 53.6 Å². The summed E-state index contributed by atoms with van der Waals surface area (Å²) in [5.41, 5.74) is 2.10. The Morgan fingerprint density at radius 1 is 0.971 bits per heavy atom. The van der Waals surface area contributed by atoms with Crippen molar-refractivity contribution in [2.45, 2.75) is 64.6 Å². The van der Waals surface area contributed by atoms with Crippen LogP contribution in [0.4, 0.5) is 0 Å². The van der Waals surface area contributed by atoms with Gasteiger partial charge in [0.2, 0.25) is 5.91 Å². The van der Waals surface area contributed by atoms with Crippen molar-refractivity contribution in [3.8, 4) is 17.2 Å². The van der Waals surface area contributed by atoms with Crippen LogP contribution in [0.3, 0.4) is 0 Å². The third-order valence-corrected chi connectivity index (χ3v) is 6.28. The van der Waals surface area contributed by atoms with Gasteiger partial charge in [-0.1, -0.05) is 49.1 Å². The summed E-state index contributed by atoms with van der Waals surface area (Å²) in [6.07, 6.45) is 5.45. The predicted octanol–water partition coefficient (Wildman–Crippen LogP) is 4.26. The minimum atomic E-state index is -0.626. The zero-order valence-electron chi connectivity index (χ0n) is 20.6. The first-order valence-electron chi connectivity index (χ1n) is 11.9. The molecule has 1 fully saturated rings. The van der Waals surface area contributed by atoms with Crippen molar-refractivity contribution in [3.63, 3.8) is 0 Å². The van der Waals surface area contributed by atoms with E-state index in [1.165, 1.54) is 6.42 Å². The Kier molecular flexibility index (Phi) is 9.19. The van der Waals surface area contributed by atoms with Crippen LogP contribution in [0.1, 0.15) is 50.2 Å². The maximum atomic E-state index is 13.3. The zero-order chi connectivity index (χ0) is 24.5. The van der Waals surface area contributed by atoms with Crippen molar-refractivity contribution in [2.24, 2.45) is 0 Å². The standard InChI is InChI=1S/C27H36N2O5/c1-19-10-12-21(13-11-19)17-29(20(2)27(31)28-22-8-6-5-7-9-22)26(30)18-34-25-15-23(32-3)14-24(16-25)33-4/h10-16,20,22H,5-9,17-18H2,1-4H3,(H,28,31)/t20-/m1/s1. The second-order valence-corrected chi connectivity index (χ2v) is 8.86. The number of rotatable bonds is 10. The van der Waals surface area contributed by atoms with Gasteiger partial charge in [-0.2, -0.15) is 0 Å². The SMILES string of the molecule is COc1cc(OC)cc(OCC(=O)N(Cc2ccc(C)cc2)[C@H](C)C(=O)NC2CCCCC2)c1. The Balaban J connectivity index is 1.73. The molecule has 1 aliphatic rings. The van der Waals surface area contributed by atoms with E-state index in [1.807, 2.05) is 31.2 Å². The van der Waals surface area contributed by atoms with E-state index in [9.17, 15) is 9.59 Å². The number of carbonyl (C=O) groups is 2. The van der Waals surface area contributed by atoms with Crippen molar-refractivity contribution < 1.29 is 23.8 Å². The fourth-order valence-electron chi connectivity index (χ4n) is 4.13.